The van der Waals surface area contributed by atoms with E-state index in [1.807, 2.05) is 13.8 Å². The van der Waals surface area contributed by atoms with Gasteiger partial charge in [0.05, 0.1) is 25.3 Å². The Balaban J connectivity index is 2.84. The number of Topliss-reactive ketones (excluding diaryl/α,β-unsaturated/α-hetero) is 1. The van der Waals surface area contributed by atoms with Gasteiger partial charge < -0.3 is 19.8 Å². The summed E-state index contributed by atoms with van der Waals surface area (Å²) in [6, 6.07) is -0.902. The first-order valence-corrected chi connectivity index (χ1v) is 12.5. The molecule has 0 unspecified atom stereocenters. The number of amides is 1. The van der Waals surface area contributed by atoms with Crippen LogP contribution in [0.3, 0.4) is 0 Å². The summed E-state index contributed by atoms with van der Waals surface area (Å²) in [5.41, 5.74) is -0.898. The number of carbonyl (C=O) groups excluding carboxylic acids is 2. The minimum Gasteiger partial charge on any atom is -0.413 e. The van der Waals surface area contributed by atoms with Crippen molar-refractivity contribution < 1.29 is 18.8 Å². The van der Waals surface area contributed by atoms with Crippen LogP contribution in [0, 0.1) is 5.92 Å². The number of nitrogens with one attached hydrogen (secondary N) is 2. The van der Waals surface area contributed by atoms with Gasteiger partial charge in [-0.05, 0) is 44.4 Å². The Labute approximate surface area is 159 Å². The van der Waals surface area contributed by atoms with Crippen LogP contribution in [0.1, 0.15) is 48.0 Å². The highest BCUT2D eigenvalue weighted by Gasteiger charge is 2.56. The van der Waals surface area contributed by atoms with E-state index in [4.69, 9.17) is 9.16 Å². The Kier molecular flexibility index (Phi) is 7.61. The largest absolute Gasteiger partial charge is 0.413 e. The summed E-state index contributed by atoms with van der Waals surface area (Å²) >= 11 is 0. The number of hydrogen-bond donors (Lipinski definition) is 2. The van der Waals surface area contributed by atoms with E-state index in [2.05, 4.69) is 44.5 Å². The molecule has 1 aliphatic rings. The first-order valence-electron chi connectivity index (χ1n) is 9.55. The minimum atomic E-state index is -1.97. The molecule has 26 heavy (non-hydrogen) atoms. The average molecular weight is 387 g/mol. The molecule has 0 aromatic heterocycles. The Hall–Kier alpha value is -0.763. The molecular formula is C19H38N2O4Si. The summed E-state index contributed by atoms with van der Waals surface area (Å²) in [6.07, 6.45) is 0.589. The van der Waals surface area contributed by atoms with Crippen LogP contribution in [-0.4, -0.2) is 58.0 Å². The van der Waals surface area contributed by atoms with Crippen LogP contribution >= 0.6 is 0 Å². The Morgan fingerprint density at radius 3 is 2.15 bits per heavy atom. The smallest absolute Gasteiger partial charge is 0.237 e. The maximum Gasteiger partial charge on any atom is 0.237 e. The number of rotatable bonds is 10. The Morgan fingerprint density at radius 2 is 1.77 bits per heavy atom. The van der Waals surface area contributed by atoms with E-state index in [0.29, 0.717) is 13.0 Å². The monoisotopic (exact) mass is 386 g/mol. The molecule has 1 saturated heterocycles. The zero-order valence-electron chi connectivity index (χ0n) is 18.0. The lowest BCUT2D eigenvalue weighted by atomic mass is 9.92. The highest BCUT2D eigenvalue weighted by molar-refractivity contribution is 6.74. The van der Waals surface area contributed by atoms with E-state index in [0.717, 1.165) is 0 Å². The molecule has 7 heteroatoms. The summed E-state index contributed by atoms with van der Waals surface area (Å²) < 4.78 is 11.8. The molecule has 2 N–H and O–H groups in total. The maximum atomic E-state index is 13.2. The van der Waals surface area contributed by atoms with Crippen LogP contribution in [0.4, 0.5) is 0 Å². The number of hydrogen-bond acceptors (Lipinski definition) is 5. The molecule has 0 bridgehead atoms. The standard InChI is InChI=1S/C19H38N2O4Si/c1-13(2)10-15(21-17(23)14(3)20-7)16(22)19(11-24-19)12-25-26(8,9)18(4,5)6/h13-15,20H,10-12H2,1-9H3,(H,21,23)/t14-,15-,19-/m0/s1. The zero-order chi connectivity index (χ0) is 20.3. The third-order valence-electron chi connectivity index (χ3n) is 5.58. The third-order valence-corrected chi connectivity index (χ3v) is 10.1. The highest BCUT2D eigenvalue weighted by atomic mass is 28.4. The first kappa shape index (κ1) is 23.3. The average Bonchev–Trinajstić information content (AvgIpc) is 3.30. The van der Waals surface area contributed by atoms with Gasteiger partial charge in [0, 0.05) is 0 Å². The molecular weight excluding hydrogens is 348 g/mol. The molecule has 0 spiro atoms. The molecule has 0 saturated carbocycles. The predicted octanol–water partition coefficient (Wildman–Crippen LogP) is 2.49. The van der Waals surface area contributed by atoms with Gasteiger partial charge in [0.25, 0.3) is 0 Å². The molecule has 1 heterocycles. The minimum absolute atomic E-state index is 0.0680. The van der Waals surface area contributed by atoms with Gasteiger partial charge in [-0.2, -0.15) is 0 Å². The van der Waals surface area contributed by atoms with Crippen molar-refractivity contribution in [3.63, 3.8) is 0 Å². The van der Waals surface area contributed by atoms with Crippen LogP contribution in [-0.2, 0) is 18.8 Å². The van der Waals surface area contributed by atoms with Gasteiger partial charge in [-0.15, -0.1) is 0 Å². The van der Waals surface area contributed by atoms with Crippen molar-refractivity contribution in [2.24, 2.45) is 5.92 Å². The summed E-state index contributed by atoms with van der Waals surface area (Å²) in [4.78, 5) is 25.4. The summed E-state index contributed by atoms with van der Waals surface area (Å²) in [7, 11) is -0.248. The lowest BCUT2D eigenvalue weighted by molar-refractivity contribution is -0.132. The second-order valence-corrected chi connectivity index (χ2v) is 14.2. The number of ketones is 1. The first-order chi connectivity index (χ1) is 11.8. The number of ether oxygens (including phenoxy) is 1. The third kappa shape index (κ3) is 5.87. The van der Waals surface area contributed by atoms with E-state index in [-0.39, 0.29) is 35.3 Å². The zero-order valence-corrected chi connectivity index (χ0v) is 19.0. The summed E-state index contributed by atoms with van der Waals surface area (Å²) in [5.74, 6) is 0.0421. The van der Waals surface area contributed by atoms with E-state index in [1.165, 1.54) is 0 Å². The molecule has 1 rings (SSSR count). The Morgan fingerprint density at radius 1 is 1.23 bits per heavy atom. The van der Waals surface area contributed by atoms with Crippen LogP contribution in [0.15, 0.2) is 0 Å². The molecule has 1 aliphatic heterocycles. The summed E-state index contributed by atoms with van der Waals surface area (Å²) in [5, 5.41) is 5.87. The topological polar surface area (TPSA) is 80.0 Å². The quantitative estimate of drug-likeness (QED) is 0.445. The second-order valence-electron chi connectivity index (χ2n) is 9.40. The molecule has 0 aromatic carbocycles. The van der Waals surface area contributed by atoms with Crippen LogP contribution < -0.4 is 10.6 Å². The highest BCUT2D eigenvalue weighted by Crippen LogP contribution is 2.39. The van der Waals surface area contributed by atoms with Gasteiger partial charge in [0.2, 0.25) is 5.91 Å². The predicted molar refractivity (Wildman–Crippen MR) is 107 cm³/mol. The normalized spacial score (nSPS) is 22.8. The van der Waals surface area contributed by atoms with Crippen molar-refractivity contribution in [1.29, 1.82) is 0 Å². The molecule has 0 aliphatic carbocycles. The van der Waals surface area contributed by atoms with Crippen molar-refractivity contribution in [3.8, 4) is 0 Å². The lowest BCUT2D eigenvalue weighted by Crippen LogP contribution is -2.54. The van der Waals surface area contributed by atoms with Crippen LogP contribution in [0.5, 0.6) is 0 Å². The SMILES string of the molecule is CN[C@@H](C)C(=O)N[C@@H](CC(C)C)C(=O)[C@@]1(CO[Si](C)(C)C(C)(C)C)CO1. The fourth-order valence-electron chi connectivity index (χ4n) is 2.35. The van der Waals surface area contributed by atoms with Gasteiger partial charge in [0.1, 0.15) is 0 Å². The van der Waals surface area contributed by atoms with Crippen molar-refractivity contribution >= 4 is 20.0 Å². The number of likely N-dealkylation sites (N-methyl/N-ethyl adjacent to an activating group) is 1. The van der Waals surface area contributed by atoms with Gasteiger partial charge in [-0.1, -0.05) is 34.6 Å². The molecule has 6 nitrogen and oxygen atoms in total. The van der Waals surface area contributed by atoms with Gasteiger partial charge in [-0.25, -0.2) is 0 Å². The molecule has 152 valence electrons. The second kappa shape index (κ2) is 8.50. The number of epoxide rings is 1. The van der Waals surface area contributed by atoms with Gasteiger partial charge in [0.15, 0.2) is 19.7 Å². The fraction of sp³-hybridized carbons (Fsp3) is 0.895. The van der Waals surface area contributed by atoms with Gasteiger partial charge >= 0.3 is 0 Å². The van der Waals surface area contributed by atoms with E-state index >= 15 is 0 Å². The van der Waals surface area contributed by atoms with E-state index in [1.54, 1.807) is 14.0 Å². The molecule has 0 aromatic rings. The van der Waals surface area contributed by atoms with Crippen molar-refractivity contribution in [2.75, 3.05) is 20.3 Å². The van der Waals surface area contributed by atoms with Crippen molar-refractivity contribution in [2.45, 2.75) is 83.8 Å². The molecule has 0 radical (unpaired) electrons. The van der Waals surface area contributed by atoms with Crippen LogP contribution in [0.2, 0.25) is 18.1 Å². The molecule has 1 fully saturated rings. The van der Waals surface area contributed by atoms with E-state index in [9.17, 15) is 9.59 Å². The van der Waals surface area contributed by atoms with Crippen molar-refractivity contribution in [3.05, 3.63) is 0 Å². The van der Waals surface area contributed by atoms with Gasteiger partial charge in [-0.3, -0.25) is 9.59 Å². The summed E-state index contributed by atoms with van der Waals surface area (Å²) in [6.45, 7) is 17.3. The molecule has 3 atom stereocenters. The maximum absolute atomic E-state index is 13.2. The van der Waals surface area contributed by atoms with E-state index < -0.39 is 20.0 Å². The number of carbonyl (C=O) groups is 2. The van der Waals surface area contributed by atoms with Crippen molar-refractivity contribution in [1.82, 2.24) is 10.6 Å². The Bertz CT molecular complexity index is 510. The lowest BCUT2D eigenvalue weighted by Gasteiger charge is -2.37. The fourth-order valence-corrected chi connectivity index (χ4v) is 3.37. The van der Waals surface area contributed by atoms with Crippen LogP contribution in [0.25, 0.3) is 0 Å². The molecule has 1 amide bonds.